The Balaban J connectivity index is 1.47. The highest BCUT2D eigenvalue weighted by molar-refractivity contribution is 7.87. The van der Waals surface area contributed by atoms with Crippen LogP contribution < -0.4 is 4.90 Å². The van der Waals surface area contributed by atoms with E-state index >= 15 is 0 Å². The average molecular weight is 1230 g/mol. The van der Waals surface area contributed by atoms with Crippen molar-refractivity contribution in [2.45, 2.75) is 97.6 Å². The zero-order valence-electron chi connectivity index (χ0n) is 43.6. The summed E-state index contributed by atoms with van der Waals surface area (Å²) in [5.74, 6) is -3.38. The Morgan fingerprint density at radius 3 is 1.59 bits per heavy atom. The fraction of sp³-hybridized carbons (Fsp3) is 0.380. The lowest BCUT2D eigenvalue weighted by Crippen LogP contribution is -2.44. The number of rotatable bonds is 19. The zero-order valence-corrected chi connectivity index (χ0v) is 48.5. The summed E-state index contributed by atoms with van der Waals surface area (Å²) in [5, 5.41) is -0.391. The molecule has 0 aromatic heterocycles. The molecular formula is C50H57N2O22S6+. The number of esters is 2. The van der Waals surface area contributed by atoms with Crippen molar-refractivity contribution in [2.24, 2.45) is 5.41 Å². The second kappa shape index (κ2) is 21.5. The van der Waals surface area contributed by atoms with Gasteiger partial charge in [-0.25, -0.2) is 0 Å². The van der Waals surface area contributed by atoms with Crippen LogP contribution in [0.3, 0.4) is 0 Å². The number of carbonyl (C=O) groups is 2. The third-order valence-corrected chi connectivity index (χ3v) is 19.2. The summed E-state index contributed by atoms with van der Waals surface area (Å²) in [6.07, 6.45) is 6.70. The van der Waals surface area contributed by atoms with Crippen LogP contribution in [0.1, 0.15) is 78.4 Å². The molecule has 0 fully saturated rings. The maximum Gasteiger partial charge on any atom is 0.324 e. The van der Waals surface area contributed by atoms with E-state index < -0.39 is 120 Å². The minimum Gasteiger partial charge on any atom is -0.465 e. The molecule has 0 spiro atoms. The third-order valence-electron chi connectivity index (χ3n) is 14.1. The van der Waals surface area contributed by atoms with Gasteiger partial charge in [0.2, 0.25) is 5.69 Å². The summed E-state index contributed by atoms with van der Waals surface area (Å²) in [6, 6.07) is 8.67. The highest BCUT2D eigenvalue weighted by Crippen LogP contribution is 2.53. The van der Waals surface area contributed by atoms with Gasteiger partial charge in [0, 0.05) is 58.2 Å². The first-order valence-electron chi connectivity index (χ1n) is 24.3. The lowest BCUT2D eigenvalue weighted by molar-refractivity contribution is -0.437. The van der Waals surface area contributed by atoms with Gasteiger partial charge in [0.1, 0.15) is 16.3 Å². The monoisotopic (exact) mass is 1230 g/mol. The number of allylic oxidation sites excluding steroid dienone is 8. The molecule has 24 nitrogen and oxygen atoms in total. The Labute approximate surface area is 462 Å². The summed E-state index contributed by atoms with van der Waals surface area (Å²) in [4.78, 5) is 26.7. The van der Waals surface area contributed by atoms with E-state index in [1.165, 1.54) is 50.3 Å². The zero-order chi connectivity index (χ0) is 59.7. The van der Waals surface area contributed by atoms with Gasteiger partial charge < -0.3 is 14.4 Å². The van der Waals surface area contributed by atoms with E-state index in [2.05, 4.69) is 0 Å². The van der Waals surface area contributed by atoms with Gasteiger partial charge in [0.05, 0.1) is 39.9 Å². The van der Waals surface area contributed by atoms with E-state index in [0.717, 1.165) is 12.1 Å². The van der Waals surface area contributed by atoms with Crippen molar-refractivity contribution < 1.29 is 101 Å². The van der Waals surface area contributed by atoms with Crippen LogP contribution in [0.4, 0.5) is 11.4 Å². The molecule has 6 N–H and O–H groups in total. The molecule has 30 heteroatoms. The SMILES string of the molecule is CCOC(=O)C1(C(=O)OCC)CC(/C=C/C2=[N+](CCCS(=O)(=O)O)c3ccc4c(S(=O)(=O)O)cc(S(=O)(=O)O)cc4c3C2(C)C)=CC(=C/C=C2/N(CCCS(=O)(=O)O)c3ccc4c(S(=O)(=O)O)cc(S(=O)(=O)O)cc4c3C2(C)C)/C1. The molecule has 0 radical (unpaired) electrons. The summed E-state index contributed by atoms with van der Waals surface area (Å²) in [6.45, 7) is 9.05. The molecule has 2 aliphatic heterocycles. The largest absolute Gasteiger partial charge is 0.465 e. The Hall–Kier alpha value is -5.77. The third kappa shape index (κ3) is 12.4. The van der Waals surface area contributed by atoms with Gasteiger partial charge >= 0.3 is 11.9 Å². The maximum absolute atomic E-state index is 14.3. The molecule has 7 rings (SSSR count). The number of benzene rings is 4. The second-order valence-corrected chi connectivity index (χ2v) is 29.1. The van der Waals surface area contributed by atoms with Crippen LogP contribution >= 0.6 is 0 Å². The van der Waals surface area contributed by atoms with Crippen molar-refractivity contribution in [2.75, 3.05) is 42.7 Å². The van der Waals surface area contributed by atoms with Crippen LogP contribution in [-0.4, -0.2) is 138 Å². The van der Waals surface area contributed by atoms with Crippen molar-refractivity contribution >= 4 is 111 Å². The van der Waals surface area contributed by atoms with Crippen LogP contribution in [0.5, 0.6) is 0 Å². The van der Waals surface area contributed by atoms with Gasteiger partial charge in [-0.15, -0.1) is 0 Å². The average Bonchev–Trinajstić information content (AvgIpc) is 3.67. The fourth-order valence-corrected chi connectivity index (χ4v) is 14.6. The first-order valence-corrected chi connectivity index (χ1v) is 33.2. The van der Waals surface area contributed by atoms with Crippen molar-refractivity contribution in [1.29, 1.82) is 0 Å². The first kappa shape index (κ1) is 61.8. The molecule has 4 aromatic rings. The lowest BCUT2D eigenvalue weighted by atomic mass is 9.71. The van der Waals surface area contributed by atoms with Gasteiger partial charge in [-0.3, -0.25) is 36.9 Å². The van der Waals surface area contributed by atoms with E-state index in [4.69, 9.17) is 9.47 Å². The molecule has 3 aliphatic rings. The number of nitrogens with zero attached hydrogens (tertiary/aromatic N) is 2. The van der Waals surface area contributed by atoms with E-state index in [9.17, 15) is 87.4 Å². The highest BCUT2D eigenvalue weighted by Gasteiger charge is 2.52. The number of anilines is 1. The molecule has 0 saturated heterocycles. The molecule has 0 amide bonds. The molecular weight excluding hydrogens is 1170 g/mol. The second-order valence-electron chi connectivity index (χ2n) is 20.3. The fourth-order valence-electron chi connectivity index (χ4n) is 10.9. The van der Waals surface area contributed by atoms with Crippen LogP contribution in [0, 0.1) is 5.41 Å². The predicted octanol–water partition coefficient (Wildman–Crippen LogP) is 5.91. The van der Waals surface area contributed by atoms with E-state index in [-0.39, 0.29) is 95.8 Å². The number of hydrogen-bond donors (Lipinski definition) is 6. The maximum atomic E-state index is 14.3. The molecule has 0 bridgehead atoms. The van der Waals surface area contributed by atoms with Crippen LogP contribution in [0.2, 0.25) is 0 Å². The van der Waals surface area contributed by atoms with E-state index in [1.54, 1.807) is 55.4 Å². The minimum absolute atomic E-state index is 0.0491. The summed E-state index contributed by atoms with van der Waals surface area (Å²) in [7, 11) is -29.5. The molecule has 2 heterocycles. The van der Waals surface area contributed by atoms with Gasteiger partial charge in [-0.1, -0.05) is 38.1 Å². The number of ether oxygens (including phenoxy) is 2. The molecule has 0 unspecified atom stereocenters. The Morgan fingerprint density at radius 2 is 1.10 bits per heavy atom. The van der Waals surface area contributed by atoms with Crippen LogP contribution in [0.25, 0.3) is 21.5 Å². The molecule has 434 valence electrons. The van der Waals surface area contributed by atoms with E-state index in [0.29, 0.717) is 34.9 Å². The standard InChI is InChI=1S/C50H56N2O22S6/c1-7-73-46(53)50(47(54)74-8-2)28-30(11-17-42-48(3,4)44-36-24-32(77(61,62)63)26-40(79(67,68)69)34(36)13-15-38(44)51(42)19-9-21-75(55,56)57)23-31(29-50)12-18-43-49(5,6)45-37-25-33(78(64,65)66)27-41(80(70,71)72)35(37)14-16-39(45)52(43)20-10-22-76(58,59)60/h11-18,23-27H,7-10,19-22,28-29H2,1-6H3,(H5-,55,56,57,58,59,60,61,62,63,64,65,66,67,68,69,70,71,72)/p+1. The summed E-state index contributed by atoms with van der Waals surface area (Å²) in [5.41, 5.74) is -2.36. The number of hydrogen-bond acceptors (Lipinski definition) is 17. The van der Waals surface area contributed by atoms with Gasteiger partial charge in [0.15, 0.2) is 11.1 Å². The Kier molecular flexibility index (Phi) is 16.6. The first-order chi connectivity index (χ1) is 36.7. The Bertz CT molecular complexity index is 4180. The summed E-state index contributed by atoms with van der Waals surface area (Å²) < 4.78 is 222. The smallest absolute Gasteiger partial charge is 0.324 e. The van der Waals surface area contributed by atoms with Gasteiger partial charge in [-0.2, -0.15) is 55.1 Å². The normalized spacial score (nSPS) is 18.6. The lowest BCUT2D eigenvalue weighted by Gasteiger charge is -2.33. The molecule has 0 atom stereocenters. The highest BCUT2D eigenvalue weighted by atomic mass is 32.2. The topological polar surface area (TPSA) is 385 Å². The molecule has 80 heavy (non-hydrogen) atoms. The number of carbonyl (C=O) groups excluding carboxylic acids is 2. The quantitative estimate of drug-likeness (QED) is 0.0275. The van der Waals surface area contributed by atoms with E-state index in [1.807, 2.05) is 0 Å². The summed E-state index contributed by atoms with van der Waals surface area (Å²) >= 11 is 0. The van der Waals surface area contributed by atoms with Crippen molar-refractivity contribution in [3.63, 3.8) is 0 Å². The molecule has 1 aliphatic carbocycles. The van der Waals surface area contributed by atoms with Crippen molar-refractivity contribution in [1.82, 2.24) is 0 Å². The van der Waals surface area contributed by atoms with Crippen LogP contribution in [0.15, 0.2) is 115 Å². The predicted molar refractivity (Wildman–Crippen MR) is 291 cm³/mol. The van der Waals surface area contributed by atoms with Crippen molar-refractivity contribution in [3.8, 4) is 0 Å². The Morgan fingerprint density at radius 1 is 0.600 bits per heavy atom. The van der Waals surface area contributed by atoms with Crippen molar-refractivity contribution in [3.05, 3.63) is 107 Å². The minimum atomic E-state index is -5.14. The number of fused-ring (bicyclic) bond motifs is 6. The van der Waals surface area contributed by atoms with Gasteiger partial charge in [0.25, 0.3) is 60.7 Å². The molecule has 4 aromatic carbocycles. The van der Waals surface area contributed by atoms with Crippen LogP contribution in [-0.2, 0) is 90.6 Å². The molecule has 0 saturated carbocycles. The van der Waals surface area contributed by atoms with Gasteiger partial charge in [-0.05, 0) is 117 Å².